The molecule has 0 spiro atoms. The fraction of sp³-hybridized carbons (Fsp3) is 0.222. The Bertz CT molecular complexity index is 268. The molecule has 0 aliphatic heterocycles. The first-order chi connectivity index (χ1) is 5.68. The third-order valence-electron chi connectivity index (χ3n) is 1.46. The van der Waals surface area contributed by atoms with Gasteiger partial charge in [-0.25, -0.2) is 0 Å². The molecule has 0 saturated carbocycles. The number of amides is 1. The maximum Gasteiger partial charge on any atom is 0.217 e. The van der Waals surface area contributed by atoms with Crippen LogP contribution in [0.5, 0.6) is 0 Å². The van der Waals surface area contributed by atoms with Crippen LogP contribution < -0.4 is 5.32 Å². The van der Waals surface area contributed by atoms with Gasteiger partial charge in [0.25, 0.3) is 0 Å². The fourth-order valence-corrected chi connectivity index (χ4v) is 0.970. The van der Waals surface area contributed by atoms with Gasteiger partial charge in [-0.15, -0.1) is 0 Å². The molecule has 12 heavy (non-hydrogen) atoms. The molecule has 63 valence electrons. The molecule has 0 unspecified atom stereocenters. The number of nitrogens with one attached hydrogen (secondary N) is 1. The van der Waals surface area contributed by atoms with Crippen molar-refractivity contribution < 1.29 is 4.79 Å². The zero-order valence-corrected chi connectivity index (χ0v) is 7.65. The van der Waals surface area contributed by atoms with Crippen LogP contribution in [-0.4, -0.2) is 5.91 Å². The van der Waals surface area contributed by atoms with Gasteiger partial charge >= 0.3 is 0 Å². The lowest BCUT2D eigenvalue weighted by Crippen LogP contribution is -2.18. The van der Waals surface area contributed by atoms with Gasteiger partial charge in [-0.2, -0.15) is 0 Å². The predicted molar refractivity (Wildman–Crippen MR) is 49.8 cm³/mol. The molecule has 1 aromatic carbocycles. The van der Waals surface area contributed by atoms with Gasteiger partial charge in [-0.3, -0.25) is 4.79 Å². The molecule has 1 radical (unpaired) electrons. The number of carbonyl (C=O) groups is 1. The van der Waals surface area contributed by atoms with E-state index in [1.54, 1.807) is 0 Å². The summed E-state index contributed by atoms with van der Waals surface area (Å²) in [6.07, 6.45) is 0. The maximum atomic E-state index is 10.6. The van der Waals surface area contributed by atoms with Crippen LogP contribution in [0.3, 0.4) is 0 Å². The lowest BCUT2D eigenvalue weighted by molar-refractivity contribution is -0.119. The minimum absolute atomic E-state index is 0.0162. The second-order valence-corrected chi connectivity index (χ2v) is 3.03. The van der Waals surface area contributed by atoms with Crippen molar-refractivity contribution in [3.05, 3.63) is 29.8 Å². The number of benzene rings is 1. The van der Waals surface area contributed by atoms with Gasteiger partial charge in [-0.05, 0) is 17.7 Å². The Morgan fingerprint density at radius 1 is 1.42 bits per heavy atom. The van der Waals surface area contributed by atoms with E-state index in [-0.39, 0.29) is 5.91 Å². The van der Waals surface area contributed by atoms with Crippen molar-refractivity contribution in [1.29, 1.82) is 0 Å². The standard InChI is InChI=1S/C9H10NOS/c1-7(11)10-6-8-2-4-9(12)5-3-8/h2-5H,6H2,1H3,(H,10,11). The van der Waals surface area contributed by atoms with Gasteiger partial charge in [0.15, 0.2) is 0 Å². The van der Waals surface area contributed by atoms with Crippen LogP contribution in [0.2, 0.25) is 0 Å². The lowest BCUT2D eigenvalue weighted by atomic mass is 10.2. The van der Waals surface area contributed by atoms with Crippen molar-refractivity contribution in [2.75, 3.05) is 0 Å². The van der Waals surface area contributed by atoms with E-state index in [1.165, 1.54) is 6.92 Å². The summed E-state index contributed by atoms with van der Waals surface area (Å²) >= 11 is 4.92. The summed E-state index contributed by atoms with van der Waals surface area (Å²) in [6.45, 7) is 2.08. The molecule has 3 heteroatoms. The molecule has 1 aromatic rings. The molecule has 0 aromatic heterocycles. The number of rotatable bonds is 2. The topological polar surface area (TPSA) is 29.1 Å². The van der Waals surface area contributed by atoms with E-state index in [2.05, 4.69) is 5.32 Å². The highest BCUT2D eigenvalue weighted by atomic mass is 32.1. The van der Waals surface area contributed by atoms with Crippen LogP contribution in [0.15, 0.2) is 29.2 Å². The quantitative estimate of drug-likeness (QED) is 0.739. The van der Waals surface area contributed by atoms with Crippen LogP contribution in [0.1, 0.15) is 12.5 Å². The summed E-state index contributed by atoms with van der Waals surface area (Å²) in [5.74, 6) is -0.0162. The van der Waals surface area contributed by atoms with E-state index >= 15 is 0 Å². The number of carbonyl (C=O) groups excluding carboxylic acids is 1. The molecule has 0 aliphatic rings. The zero-order chi connectivity index (χ0) is 8.97. The van der Waals surface area contributed by atoms with Gasteiger partial charge in [-0.1, -0.05) is 24.8 Å². The van der Waals surface area contributed by atoms with Crippen LogP contribution in [-0.2, 0) is 11.3 Å². The van der Waals surface area contributed by atoms with Crippen LogP contribution in [0.25, 0.3) is 0 Å². The predicted octanol–water partition coefficient (Wildman–Crippen LogP) is 1.88. The van der Waals surface area contributed by atoms with E-state index in [9.17, 15) is 4.79 Å². The Kier molecular flexibility index (Phi) is 3.05. The molecule has 1 amide bonds. The Morgan fingerprint density at radius 3 is 2.50 bits per heavy atom. The highest BCUT2D eigenvalue weighted by molar-refractivity contribution is 7.80. The van der Waals surface area contributed by atoms with Gasteiger partial charge < -0.3 is 5.32 Å². The molecule has 0 aliphatic carbocycles. The fourth-order valence-electron chi connectivity index (χ4n) is 0.834. The second-order valence-electron chi connectivity index (χ2n) is 2.55. The summed E-state index contributed by atoms with van der Waals surface area (Å²) in [6, 6.07) is 7.54. The molecular formula is C9H10NOS. The molecule has 2 nitrogen and oxygen atoms in total. The van der Waals surface area contributed by atoms with Crippen LogP contribution in [0.4, 0.5) is 0 Å². The Labute approximate surface area is 77.4 Å². The highest BCUT2D eigenvalue weighted by Gasteiger charge is 1.93. The molecule has 0 bridgehead atoms. The lowest BCUT2D eigenvalue weighted by Gasteiger charge is -2.01. The minimum atomic E-state index is -0.0162. The van der Waals surface area contributed by atoms with E-state index < -0.39 is 0 Å². The number of hydrogen-bond acceptors (Lipinski definition) is 1. The highest BCUT2D eigenvalue weighted by Crippen LogP contribution is 2.06. The van der Waals surface area contributed by atoms with Crippen molar-refractivity contribution in [3.63, 3.8) is 0 Å². The Morgan fingerprint density at radius 2 is 2.00 bits per heavy atom. The average molecular weight is 180 g/mol. The van der Waals surface area contributed by atoms with Crippen molar-refractivity contribution >= 4 is 18.5 Å². The molecule has 0 saturated heterocycles. The van der Waals surface area contributed by atoms with Crippen molar-refractivity contribution in [2.24, 2.45) is 0 Å². The summed E-state index contributed by atoms with van der Waals surface area (Å²) in [7, 11) is 0. The van der Waals surface area contributed by atoms with E-state index in [0.29, 0.717) is 6.54 Å². The normalized spacial score (nSPS) is 9.42. The largest absolute Gasteiger partial charge is 0.352 e. The zero-order valence-electron chi connectivity index (χ0n) is 6.83. The van der Waals surface area contributed by atoms with Gasteiger partial charge in [0.1, 0.15) is 0 Å². The Balaban J connectivity index is 2.53. The molecule has 0 fully saturated rings. The molecule has 1 rings (SSSR count). The van der Waals surface area contributed by atoms with Crippen LogP contribution >= 0.6 is 12.6 Å². The van der Waals surface area contributed by atoms with Gasteiger partial charge in [0.05, 0.1) is 0 Å². The van der Waals surface area contributed by atoms with Crippen molar-refractivity contribution in [2.45, 2.75) is 18.4 Å². The van der Waals surface area contributed by atoms with Crippen LogP contribution in [0, 0.1) is 0 Å². The van der Waals surface area contributed by atoms with Crippen molar-refractivity contribution in [1.82, 2.24) is 5.32 Å². The van der Waals surface area contributed by atoms with Crippen molar-refractivity contribution in [3.8, 4) is 0 Å². The SMILES string of the molecule is CC(=O)NCc1ccc([S])cc1. The summed E-state index contributed by atoms with van der Waals surface area (Å²) in [5.41, 5.74) is 1.07. The average Bonchev–Trinajstić information content (AvgIpc) is 2.03. The smallest absolute Gasteiger partial charge is 0.217 e. The van der Waals surface area contributed by atoms with Gasteiger partial charge in [0, 0.05) is 18.4 Å². The van der Waals surface area contributed by atoms with E-state index in [4.69, 9.17) is 12.6 Å². The summed E-state index contributed by atoms with van der Waals surface area (Å²) in [4.78, 5) is 11.4. The summed E-state index contributed by atoms with van der Waals surface area (Å²) < 4.78 is 0. The number of hydrogen-bond donors (Lipinski definition) is 1. The first-order valence-electron chi connectivity index (χ1n) is 3.69. The third-order valence-corrected chi connectivity index (χ3v) is 1.74. The van der Waals surface area contributed by atoms with E-state index in [0.717, 1.165) is 10.5 Å². The second kappa shape index (κ2) is 4.07. The van der Waals surface area contributed by atoms with Gasteiger partial charge in [0.2, 0.25) is 5.91 Å². The first kappa shape index (κ1) is 9.00. The molecular weight excluding hydrogens is 170 g/mol. The minimum Gasteiger partial charge on any atom is -0.352 e. The monoisotopic (exact) mass is 180 g/mol. The van der Waals surface area contributed by atoms with E-state index in [1.807, 2.05) is 24.3 Å². The molecule has 1 N–H and O–H groups in total. The Hall–Kier alpha value is -1.09. The first-order valence-corrected chi connectivity index (χ1v) is 4.09. The molecule has 0 atom stereocenters. The maximum absolute atomic E-state index is 10.6. The molecule has 0 heterocycles. The summed E-state index contributed by atoms with van der Waals surface area (Å²) in [5, 5.41) is 2.71. The third kappa shape index (κ3) is 2.88.